The van der Waals surface area contributed by atoms with Gasteiger partial charge in [0.1, 0.15) is 0 Å². The van der Waals surface area contributed by atoms with Crippen LogP contribution in [0.3, 0.4) is 0 Å². The molecule has 3 saturated heterocycles. The molecule has 3 saturated carbocycles. The minimum atomic E-state index is -0.297. The quantitative estimate of drug-likeness (QED) is 0.376. The highest BCUT2D eigenvalue weighted by Gasteiger charge is 2.64. The van der Waals surface area contributed by atoms with Crippen LogP contribution < -0.4 is 16.8 Å². The number of ether oxygens (including phenoxy) is 1. The molecule has 0 radical (unpaired) electrons. The van der Waals surface area contributed by atoms with E-state index in [1.165, 1.54) is 57.8 Å². The summed E-state index contributed by atoms with van der Waals surface area (Å²) in [6, 6.07) is 0. The van der Waals surface area contributed by atoms with E-state index in [4.69, 9.17) is 16.2 Å². The number of aliphatic hydroxyl groups excluding tert-OH is 1. The Hall–Kier alpha value is -0.200. The largest absolute Gasteiger partial charge is 0.396 e. The Kier molecular flexibility index (Phi) is 7.66. The predicted octanol–water partition coefficient (Wildman–Crippen LogP) is 5.34. The fraction of sp³-hybridized carbons (Fsp3) is 1.00. The molecule has 3 aliphatic carbocycles. The van der Waals surface area contributed by atoms with Crippen LogP contribution in [0.25, 0.3) is 0 Å². The third-order valence-corrected chi connectivity index (χ3v) is 11.7. The van der Waals surface area contributed by atoms with E-state index in [9.17, 15) is 5.11 Å². The number of aliphatic hydroxyl groups is 1. The van der Waals surface area contributed by atoms with E-state index >= 15 is 0 Å². The van der Waals surface area contributed by atoms with E-state index in [1.807, 2.05) is 0 Å². The average molecular weight is 504 g/mol. The van der Waals surface area contributed by atoms with Crippen molar-refractivity contribution in [3.63, 3.8) is 0 Å². The summed E-state index contributed by atoms with van der Waals surface area (Å²) in [7, 11) is 0. The maximum absolute atomic E-state index is 9.95. The van der Waals surface area contributed by atoms with Crippen LogP contribution in [0.5, 0.6) is 0 Å². The first-order valence-corrected chi connectivity index (χ1v) is 15.6. The first kappa shape index (κ1) is 27.4. The van der Waals surface area contributed by atoms with Gasteiger partial charge in [-0.15, -0.1) is 0 Å². The van der Waals surface area contributed by atoms with Crippen molar-refractivity contribution in [1.82, 2.24) is 5.32 Å². The molecule has 0 amide bonds. The van der Waals surface area contributed by atoms with Crippen molar-refractivity contribution in [2.24, 2.45) is 52.4 Å². The summed E-state index contributed by atoms with van der Waals surface area (Å²) in [6.45, 7) is 10.6. The van der Waals surface area contributed by atoms with Gasteiger partial charge in [0, 0.05) is 18.1 Å². The Bertz CT molecular complexity index is 765. The Labute approximate surface area is 221 Å². The van der Waals surface area contributed by atoms with Crippen molar-refractivity contribution >= 4 is 0 Å². The first-order valence-electron chi connectivity index (χ1n) is 15.6. The van der Waals surface area contributed by atoms with Crippen molar-refractivity contribution in [3.8, 4) is 0 Å². The molecule has 6 N–H and O–H groups in total. The lowest BCUT2D eigenvalue weighted by Crippen LogP contribution is -2.72. The highest BCUT2D eigenvalue weighted by Crippen LogP contribution is 2.64. The van der Waals surface area contributed by atoms with Gasteiger partial charge in [0.25, 0.3) is 0 Å². The molecular weight excluding hydrogens is 446 g/mol. The van der Waals surface area contributed by atoms with Crippen molar-refractivity contribution in [2.45, 2.75) is 140 Å². The number of nitrogens with one attached hydrogen (secondary N) is 1. The molecule has 0 aromatic heterocycles. The molecule has 2 unspecified atom stereocenters. The van der Waals surface area contributed by atoms with Gasteiger partial charge < -0.3 is 26.6 Å². The lowest BCUT2D eigenvalue weighted by molar-refractivity contribution is -0.291. The van der Waals surface area contributed by atoms with E-state index in [-0.39, 0.29) is 29.5 Å². The Morgan fingerprint density at radius 3 is 2.44 bits per heavy atom. The van der Waals surface area contributed by atoms with Crippen LogP contribution in [0.4, 0.5) is 0 Å². The zero-order chi connectivity index (χ0) is 25.8. The fourth-order valence-corrected chi connectivity index (χ4v) is 10.6. The van der Waals surface area contributed by atoms with E-state index in [0.29, 0.717) is 23.7 Å². The van der Waals surface area contributed by atoms with E-state index < -0.39 is 0 Å². The van der Waals surface area contributed by atoms with Gasteiger partial charge in [0.15, 0.2) is 0 Å². The molecule has 3 heterocycles. The lowest BCUT2D eigenvalue weighted by atomic mass is 9.50. The van der Waals surface area contributed by atoms with Gasteiger partial charge in [0.05, 0.1) is 17.4 Å². The summed E-state index contributed by atoms with van der Waals surface area (Å²) >= 11 is 0. The second-order valence-electron chi connectivity index (χ2n) is 15.4. The molecule has 36 heavy (non-hydrogen) atoms. The van der Waals surface area contributed by atoms with E-state index in [1.54, 1.807) is 0 Å². The number of piperidine rings is 1. The summed E-state index contributed by atoms with van der Waals surface area (Å²) in [4.78, 5) is 0. The molecule has 6 aliphatic rings. The molecule has 6 fully saturated rings. The molecule has 0 aromatic carbocycles. The molecule has 1 spiro atoms. The molecule has 208 valence electrons. The zero-order valence-corrected chi connectivity index (χ0v) is 23.9. The molecule has 5 nitrogen and oxygen atoms in total. The van der Waals surface area contributed by atoms with E-state index in [2.05, 4.69) is 33.0 Å². The van der Waals surface area contributed by atoms with Crippen molar-refractivity contribution in [2.75, 3.05) is 13.2 Å². The summed E-state index contributed by atoms with van der Waals surface area (Å²) in [5, 5.41) is 13.5. The molecular formula is C31H57N3O2. The van der Waals surface area contributed by atoms with Crippen molar-refractivity contribution in [3.05, 3.63) is 0 Å². The average Bonchev–Trinajstić information content (AvgIpc) is 3.14. The molecule has 3 aliphatic heterocycles. The van der Waals surface area contributed by atoms with Crippen LogP contribution in [0.15, 0.2) is 0 Å². The van der Waals surface area contributed by atoms with Gasteiger partial charge in [-0.1, -0.05) is 13.8 Å². The molecule has 6 rings (SSSR count). The second-order valence-corrected chi connectivity index (χ2v) is 15.4. The zero-order valence-electron chi connectivity index (χ0n) is 23.9. The van der Waals surface area contributed by atoms with Crippen LogP contribution in [-0.4, -0.2) is 41.2 Å². The lowest BCUT2D eigenvalue weighted by Gasteiger charge is -2.66. The van der Waals surface area contributed by atoms with Crippen molar-refractivity contribution in [1.29, 1.82) is 0 Å². The number of rotatable bonds is 7. The van der Waals surface area contributed by atoms with E-state index in [0.717, 1.165) is 55.9 Å². The molecule has 5 heteroatoms. The van der Waals surface area contributed by atoms with Gasteiger partial charge in [-0.3, -0.25) is 0 Å². The normalized spacial score (nSPS) is 48.7. The summed E-state index contributed by atoms with van der Waals surface area (Å²) < 4.78 is 7.20. The van der Waals surface area contributed by atoms with Crippen molar-refractivity contribution < 1.29 is 9.84 Å². The summed E-state index contributed by atoms with van der Waals surface area (Å²) in [6.07, 6.45) is 17.6. The highest BCUT2D eigenvalue weighted by atomic mass is 16.5. The maximum atomic E-state index is 9.95. The van der Waals surface area contributed by atoms with Crippen LogP contribution in [0.2, 0.25) is 0 Å². The highest BCUT2D eigenvalue weighted by molar-refractivity contribution is 5.16. The Balaban J connectivity index is 1.40. The Morgan fingerprint density at radius 1 is 1.00 bits per heavy atom. The predicted molar refractivity (Wildman–Crippen MR) is 147 cm³/mol. The molecule has 9 atom stereocenters. The van der Waals surface area contributed by atoms with Gasteiger partial charge >= 0.3 is 0 Å². The number of hydrogen-bond donors (Lipinski definition) is 4. The first-order chi connectivity index (χ1) is 17.0. The SMILES string of the molecule is CC(C)C[C@H]1CC[C@@]2(C1)C[C@@H](CC1CCC(N)NC1)C[C@H]([C@@]13CC[C@@H](C(C)(C)O1)[C@](N)(CCO)C3)C2. The minimum absolute atomic E-state index is 0.114. The molecule has 2 bridgehead atoms. The summed E-state index contributed by atoms with van der Waals surface area (Å²) in [5.74, 6) is 4.18. The number of hydrogen-bond acceptors (Lipinski definition) is 5. The van der Waals surface area contributed by atoms with Gasteiger partial charge in [-0.25, -0.2) is 0 Å². The van der Waals surface area contributed by atoms with Crippen LogP contribution in [-0.2, 0) is 4.74 Å². The van der Waals surface area contributed by atoms with Crippen LogP contribution in [0, 0.1) is 40.9 Å². The third kappa shape index (κ3) is 5.30. The fourth-order valence-electron chi connectivity index (χ4n) is 10.6. The number of fused-ring (bicyclic) bond motifs is 3. The topological polar surface area (TPSA) is 93.5 Å². The minimum Gasteiger partial charge on any atom is -0.396 e. The van der Waals surface area contributed by atoms with Gasteiger partial charge in [0.2, 0.25) is 0 Å². The summed E-state index contributed by atoms with van der Waals surface area (Å²) in [5.41, 5.74) is 13.2. The van der Waals surface area contributed by atoms with Gasteiger partial charge in [-0.2, -0.15) is 0 Å². The van der Waals surface area contributed by atoms with Gasteiger partial charge in [-0.05, 0) is 145 Å². The monoisotopic (exact) mass is 503 g/mol. The number of nitrogens with two attached hydrogens (primary N) is 2. The Morgan fingerprint density at radius 2 is 1.78 bits per heavy atom. The van der Waals surface area contributed by atoms with Crippen LogP contribution >= 0.6 is 0 Å². The third-order valence-electron chi connectivity index (χ3n) is 11.7. The smallest absolute Gasteiger partial charge is 0.0736 e. The van der Waals surface area contributed by atoms with Crippen LogP contribution in [0.1, 0.15) is 118 Å². The molecule has 0 aromatic rings. The standard InChI is InChI=1S/C31H57N3O2/c1-21(2)13-22-7-9-29(16-22)17-24(14-23-5-6-27(32)34-19-23)15-25(18-29)31-10-8-26(28(3,4)36-31)30(33,20-31)11-12-35/h21-27,34-35H,5-20,32-33H2,1-4H3/t22-,23?,24+,25+,26+,27?,29-,30+,31+/m1/s1. The maximum Gasteiger partial charge on any atom is 0.0736 e. The second kappa shape index (κ2) is 10.1.